The van der Waals surface area contributed by atoms with Gasteiger partial charge in [-0.3, -0.25) is 5.32 Å². The van der Waals surface area contributed by atoms with Gasteiger partial charge in [-0.25, -0.2) is 9.78 Å². The molecular formula is C15H11Cl2N3O3. The van der Waals surface area contributed by atoms with E-state index in [1.165, 1.54) is 7.11 Å². The van der Waals surface area contributed by atoms with Gasteiger partial charge in [-0.1, -0.05) is 23.2 Å². The standard InChI is InChI=1S/C15H11Cl2N3O3/c1-22-15(21)20-14-18-11-6-10(17)13(7-12(11)19-14)23-9-4-2-8(16)3-5-9/h2-7H,1H3,(H2,18,19,20,21). The molecular weight excluding hydrogens is 341 g/mol. The van der Waals surface area contributed by atoms with Crippen molar-refractivity contribution >= 4 is 46.3 Å². The van der Waals surface area contributed by atoms with Gasteiger partial charge in [-0.2, -0.15) is 0 Å². The van der Waals surface area contributed by atoms with Crippen LogP contribution in [0.15, 0.2) is 36.4 Å². The minimum atomic E-state index is -0.618. The summed E-state index contributed by atoms with van der Waals surface area (Å²) in [6.07, 6.45) is -0.618. The fourth-order valence-electron chi connectivity index (χ4n) is 1.93. The average Bonchev–Trinajstić information content (AvgIpc) is 2.90. The molecule has 1 aromatic heterocycles. The highest BCUT2D eigenvalue weighted by Crippen LogP contribution is 2.33. The van der Waals surface area contributed by atoms with E-state index in [1.54, 1.807) is 36.4 Å². The number of halogens is 2. The number of imidazole rings is 1. The Bertz CT molecular complexity index is 862. The summed E-state index contributed by atoms with van der Waals surface area (Å²) in [6, 6.07) is 10.2. The van der Waals surface area contributed by atoms with E-state index in [0.717, 1.165) is 0 Å². The number of amides is 1. The van der Waals surface area contributed by atoms with Crippen molar-refractivity contribution in [2.75, 3.05) is 12.4 Å². The average molecular weight is 352 g/mol. The number of rotatable bonds is 3. The summed E-state index contributed by atoms with van der Waals surface area (Å²) in [6.45, 7) is 0. The van der Waals surface area contributed by atoms with Crippen LogP contribution >= 0.6 is 23.2 Å². The van der Waals surface area contributed by atoms with Crippen LogP contribution in [0.4, 0.5) is 10.7 Å². The summed E-state index contributed by atoms with van der Waals surface area (Å²) in [5, 5.41) is 3.47. The van der Waals surface area contributed by atoms with Crippen LogP contribution in [0.3, 0.4) is 0 Å². The van der Waals surface area contributed by atoms with E-state index in [2.05, 4.69) is 20.0 Å². The monoisotopic (exact) mass is 351 g/mol. The molecule has 0 atom stereocenters. The summed E-state index contributed by atoms with van der Waals surface area (Å²) in [5.41, 5.74) is 1.25. The number of hydrogen-bond acceptors (Lipinski definition) is 4. The highest BCUT2D eigenvalue weighted by molar-refractivity contribution is 6.32. The number of ether oxygens (including phenoxy) is 2. The van der Waals surface area contributed by atoms with E-state index >= 15 is 0 Å². The third-order valence-electron chi connectivity index (χ3n) is 2.98. The molecule has 0 radical (unpaired) electrons. The zero-order chi connectivity index (χ0) is 16.4. The van der Waals surface area contributed by atoms with E-state index < -0.39 is 6.09 Å². The lowest BCUT2D eigenvalue weighted by molar-refractivity contribution is 0.186. The van der Waals surface area contributed by atoms with E-state index in [1.807, 2.05) is 0 Å². The number of methoxy groups -OCH3 is 1. The Kier molecular flexibility index (Phi) is 4.27. The van der Waals surface area contributed by atoms with Gasteiger partial charge < -0.3 is 14.5 Å². The van der Waals surface area contributed by atoms with Crippen molar-refractivity contribution in [1.29, 1.82) is 0 Å². The first kappa shape index (κ1) is 15.5. The number of nitrogens with zero attached hydrogens (tertiary/aromatic N) is 1. The van der Waals surface area contributed by atoms with E-state index in [9.17, 15) is 4.79 Å². The predicted molar refractivity (Wildman–Crippen MR) is 88.7 cm³/mol. The molecule has 1 heterocycles. The number of aromatic nitrogens is 2. The van der Waals surface area contributed by atoms with Crippen LogP contribution in [0.1, 0.15) is 0 Å². The van der Waals surface area contributed by atoms with Crippen LogP contribution in [0.25, 0.3) is 11.0 Å². The topological polar surface area (TPSA) is 76.2 Å². The number of nitrogens with one attached hydrogen (secondary N) is 2. The second kappa shape index (κ2) is 6.36. The molecule has 118 valence electrons. The second-order valence-corrected chi connectivity index (χ2v) is 5.40. The Morgan fingerprint density at radius 2 is 1.96 bits per heavy atom. The van der Waals surface area contributed by atoms with Crippen molar-refractivity contribution in [2.24, 2.45) is 0 Å². The van der Waals surface area contributed by atoms with Crippen molar-refractivity contribution in [3.8, 4) is 11.5 Å². The van der Waals surface area contributed by atoms with E-state index in [4.69, 9.17) is 27.9 Å². The molecule has 1 amide bonds. The van der Waals surface area contributed by atoms with Gasteiger partial charge in [-0.05, 0) is 30.3 Å². The first-order valence-electron chi connectivity index (χ1n) is 6.53. The van der Waals surface area contributed by atoms with Crippen LogP contribution in [-0.2, 0) is 4.74 Å². The number of carbonyl (C=O) groups excluding carboxylic acids is 1. The molecule has 0 unspecified atom stereocenters. The molecule has 2 aromatic carbocycles. The summed E-state index contributed by atoms with van der Waals surface area (Å²) >= 11 is 12.1. The Morgan fingerprint density at radius 1 is 1.22 bits per heavy atom. The fourth-order valence-corrected chi connectivity index (χ4v) is 2.25. The lowest BCUT2D eigenvalue weighted by atomic mass is 10.3. The molecule has 0 fully saturated rings. The Balaban J connectivity index is 1.90. The Morgan fingerprint density at radius 3 is 2.65 bits per heavy atom. The molecule has 0 aliphatic rings. The molecule has 6 nitrogen and oxygen atoms in total. The lowest BCUT2D eigenvalue weighted by Crippen LogP contribution is -2.11. The van der Waals surface area contributed by atoms with Gasteiger partial charge in [0.25, 0.3) is 0 Å². The third-order valence-corrected chi connectivity index (χ3v) is 3.53. The summed E-state index contributed by atoms with van der Waals surface area (Å²) in [7, 11) is 1.27. The molecule has 2 N–H and O–H groups in total. The number of benzene rings is 2. The minimum absolute atomic E-state index is 0.256. The van der Waals surface area contributed by atoms with Crippen molar-refractivity contribution in [3.05, 3.63) is 46.4 Å². The Hall–Kier alpha value is -2.44. The highest BCUT2D eigenvalue weighted by atomic mass is 35.5. The minimum Gasteiger partial charge on any atom is -0.456 e. The molecule has 0 aliphatic heterocycles. The molecule has 0 saturated heterocycles. The first-order chi connectivity index (χ1) is 11.0. The van der Waals surface area contributed by atoms with Gasteiger partial charge in [0.05, 0.1) is 23.2 Å². The molecule has 0 bridgehead atoms. The normalized spacial score (nSPS) is 10.6. The number of aromatic amines is 1. The van der Waals surface area contributed by atoms with Crippen molar-refractivity contribution in [2.45, 2.75) is 0 Å². The molecule has 8 heteroatoms. The smallest absolute Gasteiger partial charge is 0.413 e. The summed E-state index contributed by atoms with van der Waals surface area (Å²) in [5.74, 6) is 1.29. The zero-order valence-electron chi connectivity index (χ0n) is 11.9. The number of H-pyrrole nitrogens is 1. The van der Waals surface area contributed by atoms with Crippen LogP contribution in [0, 0.1) is 0 Å². The largest absolute Gasteiger partial charge is 0.456 e. The van der Waals surface area contributed by atoms with Crippen molar-refractivity contribution in [3.63, 3.8) is 0 Å². The second-order valence-electron chi connectivity index (χ2n) is 4.56. The van der Waals surface area contributed by atoms with Crippen LogP contribution in [0.2, 0.25) is 10.0 Å². The molecule has 3 rings (SSSR count). The van der Waals surface area contributed by atoms with Gasteiger partial charge in [0, 0.05) is 11.1 Å². The third kappa shape index (κ3) is 3.49. The number of carbonyl (C=O) groups is 1. The maximum atomic E-state index is 11.2. The lowest BCUT2D eigenvalue weighted by Gasteiger charge is -2.07. The van der Waals surface area contributed by atoms with E-state index in [0.29, 0.717) is 32.6 Å². The highest BCUT2D eigenvalue weighted by Gasteiger charge is 2.11. The number of hydrogen-bond donors (Lipinski definition) is 2. The van der Waals surface area contributed by atoms with Gasteiger partial charge in [-0.15, -0.1) is 0 Å². The van der Waals surface area contributed by atoms with Crippen molar-refractivity contribution < 1.29 is 14.3 Å². The molecule has 0 aliphatic carbocycles. The summed E-state index contributed by atoms with van der Waals surface area (Å²) in [4.78, 5) is 18.4. The SMILES string of the molecule is COC(=O)Nc1nc2cc(Oc3ccc(Cl)cc3)c(Cl)cc2[nH]1. The van der Waals surface area contributed by atoms with Gasteiger partial charge in [0.15, 0.2) is 0 Å². The van der Waals surface area contributed by atoms with Crippen molar-refractivity contribution in [1.82, 2.24) is 9.97 Å². The first-order valence-corrected chi connectivity index (χ1v) is 7.28. The Labute approximate surface area is 141 Å². The maximum Gasteiger partial charge on any atom is 0.413 e. The van der Waals surface area contributed by atoms with Gasteiger partial charge in [0.1, 0.15) is 11.5 Å². The molecule has 0 saturated carbocycles. The number of fused-ring (bicyclic) bond motifs is 1. The zero-order valence-corrected chi connectivity index (χ0v) is 13.4. The van der Waals surface area contributed by atoms with Gasteiger partial charge >= 0.3 is 6.09 Å². The summed E-state index contributed by atoms with van der Waals surface area (Å²) < 4.78 is 10.2. The molecule has 3 aromatic rings. The fraction of sp³-hybridized carbons (Fsp3) is 0.0667. The maximum absolute atomic E-state index is 11.2. The quantitative estimate of drug-likeness (QED) is 0.707. The molecule has 0 spiro atoms. The van der Waals surface area contributed by atoms with Crippen LogP contribution in [0.5, 0.6) is 11.5 Å². The molecule has 23 heavy (non-hydrogen) atoms. The van der Waals surface area contributed by atoms with Crippen LogP contribution < -0.4 is 10.1 Å². The predicted octanol–water partition coefficient (Wildman–Crippen LogP) is 4.84. The number of anilines is 1. The van der Waals surface area contributed by atoms with Crippen LogP contribution in [-0.4, -0.2) is 23.2 Å². The van der Waals surface area contributed by atoms with E-state index in [-0.39, 0.29) is 5.95 Å². The van der Waals surface area contributed by atoms with Gasteiger partial charge in [0.2, 0.25) is 5.95 Å².